The Morgan fingerprint density at radius 1 is 1.38 bits per heavy atom. The number of anilines is 1. The van der Waals surface area contributed by atoms with Crippen molar-refractivity contribution in [3.05, 3.63) is 52.3 Å². The summed E-state index contributed by atoms with van der Waals surface area (Å²) in [4.78, 5) is 28.2. The van der Waals surface area contributed by atoms with Crippen molar-refractivity contribution in [1.82, 2.24) is 19.7 Å². The minimum atomic E-state index is -0.386. The van der Waals surface area contributed by atoms with Crippen LogP contribution in [-0.4, -0.2) is 25.6 Å². The summed E-state index contributed by atoms with van der Waals surface area (Å²) in [5, 5.41) is 9.74. The van der Waals surface area contributed by atoms with Crippen molar-refractivity contribution in [3.8, 4) is 0 Å². The van der Waals surface area contributed by atoms with Gasteiger partial charge in [0.05, 0.1) is 12.6 Å². The first kappa shape index (κ1) is 13.0. The van der Waals surface area contributed by atoms with Crippen LogP contribution < -0.4 is 10.9 Å². The normalized spacial score (nSPS) is 10.7. The van der Waals surface area contributed by atoms with Gasteiger partial charge in [-0.2, -0.15) is 0 Å². The van der Waals surface area contributed by atoms with Crippen molar-refractivity contribution in [1.29, 1.82) is 0 Å². The summed E-state index contributed by atoms with van der Waals surface area (Å²) in [6, 6.07) is 5.20. The Bertz CT molecular complexity index is 867. The summed E-state index contributed by atoms with van der Waals surface area (Å²) in [5.74, 6) is -0.386. The smallest absolute Gasteiger partial charge is 0.281 e. The van der Waals surface area contributed by atoms with Crippen LogP contribution in [0.3, 0.4) is 0 Å². The second-order valence-electron chi connectivity index (χ2n) is 4.43. The van der Waals surface area contributed by atoms with Crippen molar-refractivity contribution in [2.24, 2.45) is 0 Å². The van der Waals surface area contributed by atoms with Crippen LogP contribution in [0.1, 0.15) is 11.4 Å². The van der Waals surface area contributed by atoms with Crippen LogP contribution in [-0.2, 0) is 11.2 Å². The molecule has 0 aromatic carbocycles. The molecule has 21 heavy (non-hydrogen) atoms. The number of carbonyl (C=O) groups is 1. The Balaban J connectivity index is 1.85. The largest absolute Gasteiger partial charge is 0.320 e. The second-order valence-corrected chi connectivity index (χ2v) is 4.43. The van der Waals surface area contributed by atoms with Gasteiger partial charge < -0.3 is 5.32 Å². The molecule has 0 aliphatic carbocycles. The van der Waals surface area contributed by atoms with Crippen LogP contribution in [0.5, 0.6) is 0 Å². The molecule has 3 heterocycles. The molecular formula is C13H11N5O3. The number of carbonyl (C=O) groups excluding carboxylic acids is 1. The maximum Gasteiger partial charge on any atom is 0.281 e. The molecule has 8 nitrogen and oxygen atoms in total. The number of hydrogen-bond donors (Lipinski definition) is 1. The van der Waals surface area contributed by atoms with Gasteiger partial charge in [0.2, 0.25) is 5.91 Å². The van der Waals surface area contributed by atoms with E-state index in [1.165, 1.54) is 10.6 Å². The number of nitrogens with one attached hydrogen (secondary N) is 1. The van der Waals surface area contributed by atoms with E-state index in [1.54, 1.807) is 31.3 Å². The highest BCUT2D eigenvalue weighted by molar-refractivity contribution is 5.91. The fourth-order valence-corrected chi connectivity index (χ4v) is 1.87. The second kappa shape index (κ2) is 5.16. The van der Waals surface area contributed by atoms with Gasteiger partial charge in [-0.1, -0.05) is 16.4 Å². The third kappa shape index (κ3) is 2.50. The molecule has 106 valence electrons. The molecule has 0 aliphatic rings. The lowest BCUT2D eigenvalue weighted by Gasteiger charge is -2.05. The van der Waals surface area contributed by atoms with Crippen LogP contribution in [0.2, 0.25) is 0 Å². The molecule has 3 aromatic heterocycles. The SMILES string of the molecule is Cc1nonc1CC(=O)Nc1cnc2ccccn2c1=O. The van der Waals surface area contributed by atoms with Gasteiger partial charge in [0, 0.05) is 6.20 Å². The van der Waals surface area contributed by atoms with Gasteiger partial charge in [0.1, 0.15) is 22.7 Å². The highest BCUT2D eigenvalue weighted by Crippen LogP contribution is 2.05. The summed E-state index contributed by atoms with van der Waals surface area (Å²) in [5.41, 5.74) is 1.25. The molecule has 0 saturated heterocycles. The molecule has 3 aromatic rings. The van der Waals surface area contributed by atoms with Crippen molar-refractivity contribution < 1.29 is 9.42 Å². The van der Waals surface area contributed by atoms with E-state index in [4.69, 9.17) is 0 Å². The van der Waals surface area contributed by atoms with E-state index < -0.39 is 0 Å². The molecule has 0 fully saturated rings. The number of fused-ring (bicyclic) bond motifs is 1. The summed E-state index contributed by atoms with van der Waals surface area (Å²) in [6.07, 6.45) is 2.90. The van der Waals surface area contributed by atoms with Gasteiger partial charge in [0.15, 0.2) is 0 Å². The Morgan fingerprint density at radius 3 is 3.00 bits per heavy atom. The maximum absolute atomic E-state index is 12.2. The molecule has 0 unspecified atom stereocenters. The van der Waals surface area contributed by atoms with Gasteiger partial charge in [-0.15, -0.1) is 0 Å². The lowest BCUT2D eigenvalue weighted by atomic mass is 10.2. The van der Waals surface area contributed by atoms with Gasteiger partial charge >= 0.3 is 0 Å². The quantitative estimate of drug-likeness (QED) is 0.754. The zero-order chi connectivity index (χ0) is 14.8. The summed E-state index contributed by atoms with van der Waals surface area (Å²) >= 11 is 0. The first-order chi connectivity index (χ1) is 10.1. The Hall–Kier alpha value is -3.03. The fourth-order valence-electron chi connectivity index (χ4n) is 1.87. The van der Waals surface area contributed by atoms with Crippen molar-refractivity contribution in [2.75, 3.05) is 5.32 Å². The molecule has 0 spiro atoms. The van der Waals surface area contributed by atoms with Crippen LogP contribution in [0.15, 0.2) is 40.0 Å². The zero-order valence-corrected chi connectivity index (χ0v) is 11.1. The maximum atomic E-state index is 12.2. The number of pyridine rings is 1. The van der Waals surface area contributed by atoms with Crippen LogP contribution in [0.4, 0.5) is 5.69 Å². The van der Waals surface area contributed by atoms with Crippen molar-refractivity contribution in [3.63, 3.8) is 0 Å². The highest BCUT2D eigenvalue weighted by atomic mass is 16.6. The van der Waals surface area contributed by atoms with Crippen molar-refractivity contribution in [2.45, 2.75) is 13.3 Å². The minimum Gasteiger partial charge on any atom is -0.320 e. The molecule has 1 N–H and O–H groups in total. The standard InChI is InChI=1S/C13H11N5O3/c1-8-9(17-21-16-8)6-12(19)15-10-7-14-11-4-2-3-5-18(11)13(10)20/h2-5,7H,6H2,1H3,(H,15,19). The zero-order valence-electron chi connectivity index (χ0n) is 11.1. The van der Waals surface area contributed by atoms with E-state index in [0.29, 0.717) is 17.0 Å². The Kier molecular flexibility index (Phi) is 3.19. The Labute approximate surface area is 118 Å². The molecule has 0 radical (unpaired) electrons. The average molecular weight is 285 g/mol. The molecule has 0 bridgehead atoms. The monoisotopic (exact) mass is 285 g/mol. The number of hydrogen-bond acceptors (Lipinski definition) is 6. The van der Waals surface area contributed by atoms with Gasteiger partial charge in [-0.3, -0.25) is 14.0 Å². The fraction of sp³-hybridized carbons (Fsp3) is 0.154. The first-order valence-electron chi connectivity index (χ1n) is 6.19. The predicted octanol–water partition coefficient (Wildman–Crippen LogP) is 0.567. The van der Waals surface area contributed by atoms with E-state index in [1.807, 2.05) is 0 Å². The number of nitrogens with zero attached hydrogens (tertiary/aromatic N) is 4. The predicted molar refractivity (Wildman–Crippen MR) is 72.8 cm³/mol. The van der Waals surface area contributed by atoms with E-state index in [0.717, 1.165) is 0 Å². The van der Waals surface area contributed by atoms with Crippen LogP contribution in [0.25, 0.3) is 5.65 Å². The molecule has 0 aliphatic heterocycles. The van der Waals surface area contributed by atoms with Gasteiger partial charge in [0.25, 0.3) is 5.56 Å². The Morgan fingerprint density at radius 2 is 2.24 bits per heavy atom. The average Bonchev–Trinajstić information content (AvgIpc) is 2.87. The third-order valence-corrected chi connectivity index (χ3v) is 2.96. The lowest BCUT2D eigenvalue weighted by molar-refractivity contribution is -0.115. The molecule has 0 atom stereocenters. The van der Waals surface area contributed by atoms with E-state index in [9.17, 15) is 9.59 Å². The van der Waals surface area contributed by atoms with E-state index in [2.05, 4.69) is 25.2 Å². The number of amides is 1. The lowest BCUT2D eigenvalue weighted by Crippen LogP contribution is -2.24. The molecule has 1 amide bonds. The highest BCUT2D eigenvalue weighted by Gasteiger charge is 2.13. The van der Waals surface area contributed by atoms with E-state index in [-0.39, 0.29) is 23.6 Å². The topological polar surface area (TPSA) is 102 Å². The number of aromatic nitrogens is 4. The molecule has 8 heteroatoms. The third-order valence-electron chi connectivity index (χ3n) is 2.96. The molecule has 3 rings (SSSR count). The summed E-state index contributed by atoms with van der Waals surface area (Å²) < 4.78 is 5.88. The minimum absolute atomic E-state index is 0.0216. The molecule has 0 saturated carbocycles. The first-order valence-corrected chi connectivity index (χ1v) is 6.19. The molecular weight excluding hydrogens is 274 g/mol. The van der Waals surface area contributed by atoms with E-state index >= 15 is 0 Å². The van der Waals surface area contributed by atoms with Crippen LogP contribution in [0, 0.1) is 6.92 Å². The number of aryl methyl sites for hydroxylation is 1. The van der Waals surface area contributed by atoms with Gasteiger partial charge in [-0.05, 0) is 19.1 Å². The van der Waals surface area contributed by atoms with Gasteiger partial charge in [-0.25, -0.2) is 9.61 Å². The van der Waals surface area contributed by atoms with Crippen LogP contribution >= 0.6 is 0 Å². The number of rotatable bonds is 3. The summed E-state index contributed by atoms with van der Waals surface area (Å²) in [6.45, 7) is 1.69. The summed E-state index contributed by atoms with van der Waals surface area (Å²) in [7, 11) is 0. The van der Waals surface area contributed by atoms with Crippen molar-refractivity contribution >= 4 is 17.2 Å².